The molecule has 21 heavy (non-hydrogen) atoms. The lowest BCUT2D eigenvalue weighted by atomic mass is 10.1. The smallest absolute Gasteiger partial charge is 0.251 e. The first kappa shape index (κ1) is 16.6. The van der Waals surface area contributed by atoms with Gasteiger partial charge in [0.15, 0.2) is 0 Å². The molecule has 0 atom stereocenters. The van der Waals surface area contributed by atoms with E-state index in [1.54, 1.807) is 11.4 Å². The maximum Gasteiger partial charge on any atom is 0.251 e. The molecule has 2 rings (SSSR count). The molecule has 0 bridgehead atoms. The van der Waals surface area contributed by atoms with Crippen LogP contribution in [0.1, 0.15) is 11.1 Å². The minimum Gasteiger partial charge on any atom is -0.305 e. The van der Waals surface area contributed by atoms with Gasteiger partial charge in [-0.1, -0.05) is 24.3 Å². The third-order valence-corrected chi connectivity index (χ3v) is 6.96. The van der Waals surface area contributed by atoms with Gasteiger partial charge in [0.2, 0.25) is 0 Å². The van der Waals surface area contributed by atoms with Crippen molar-refractivity contribution in [3.63, 3.8) is 0 Å². The number of hydrogen-bond acceptors (Lipinski definition) is 4. The van der Waals surface area contributed by atoms with Crippen molar-refractivity contribution in [3.8, 4) is 0 Å². The van der Waals surface area contributed by atoms with Crippen molar-refractivity contribution in [3.05, 3.63) is 51.3 Å². The topological polar surface area (TPSA) is 49.4 Å². The second-order valence-corrected chi connectivity index (χ2v) is 8.62. The third-order valence-electron chi connectivity index (χ3n) is 2.89. The van der Waals surface area contributed by atoms with Crippen molar-refractivity contribution in [2.24, 2.45) is 0 Å². The Morgan fingerprint density at radius 1 is 1.19 bits per heavy atom. The Balaban J connectivity index is 2.15. The van der Waals surface area contributed by atoms with Crippen LogP contribution in [0.25, 0.3) is 0 Å². The molecule has 0 unspecified atom stereocenters. The monoisotopic (exact) mass is 388 g/mol. The Morgan fingerprint density at radius 2 is 1.86 bits per heavy atom. The number of thiophene rings is 1. The molecule has 0 aliphatic heterocycles. The van der Waals surface area contributed by atoms with Crippen molar-refractivity contribution in [2.45, 2.75) is 17.3 Å². The summed E-state index contributed by atoms with van der Waals surface area (Å²) >= 11 is 4.46. The number of nitrogens with zero attached hydrogens (tertiary/aromatic N) is 1. The minimum atomic E-state index is -3.48. The Morgan fingerprint density at radius 3 is 2.43 bits per heavy atom. The highest BCUT2D eigenvalue weighted by Crippen LogP contribution is 2.27. The molecule has 114 valence electrons. The van der Waals surface area contributed by atoms with Gasteiger partial charge in [0, 0.05) is 17.6 Å². The van der Waals surface area contributed by atoms with E-state index in [0.717, 1.165) is 17.7 Å². The molecule has 0 aliphatic rings. The molecule has 0 saturated heterocycles. The number of sulfonamides is 1. The zero-order chi connectivity index (χ0) is 15.5. The maximum atomic E-state index is 12.3. The van der Waals surface area contributed by atoms with Crippen LogP contribution < -0.4 is 4.72 Å². The number of benzene rings is 1. The number of halogens is 1. The Labute approximate surface area is 138 Å². The summed E-state index contributed by atoms with van der Waals surface area (Å²) in [5.74, 6) is 0. The summed E-state index contributed by atoms with van der Waals surface area (Å²) in [6, 6.07) is 9.59. The van der Waals surface area contributed by atoms with E-state index in [4.69, 9.17) is 0 Å². The van der Waals surface area contributed by atoms with Gasteiger partial charge in [-0.25, -0.2) is 13.1 Å². The Kier molecular flexibility index (Phi) is 5.56. The van der Waals surface area contributed by atoms with E-state index in [0.29, 0.717) is 8.68 Å². The fourth-order valence-electron chi connectivity index (χ4n) is 1.93. The Bertz CT molecular complexity index is 711. The predicted octanol–water partition coefficient (Wildman–Crippen LogP) is 3.05. The first-order valence-electron chi connectivity index (χ1n) is 6.34. The summed E-state index contributed by atoms with van der Waals surface area (Å²) in [6.45, 7) is 1.07. The summed E-state index contributed by atoms with van der Waals surface area (Å²) < 4.78 is 28.1. The van der Waals surface area contributed by atoms with Crippen molar-refractivity contribution in [2.75, 3.05) is 14.1 Å². The first-order chi connectivity index (χ1) is 9.90. The molecule has 2 aromatic rings. The van der Waals surface area contributed by atoms with Crippen LogP contribution in [0.15, 0.2) is 44.4 Å². The van der Waals surface area contributed by atoms with Gasteiger partial charge in [-0.15, -0.1) is 11.3 Å². The molecule has 1 heterocycles. The molecule has 1 N–H and O–H groups in total. The van der Waals surface area contributed by atoms with Gasteiger partial charge in [-0.3, -0.25) is 0 Å². The van der Waals surface area contributed by atoms with E-state index < -0.39 is 10.0 Å². The molecule has 7 heteroatoms. The van der Waals surface area contributed by atoms with Crippen LogP contribution in [-0.4, -0.2) is 27.4 Å². The van der Waals surface area contributed by atoms with Crippen molar-refractivity contribution >= 4 is 37.3 Å². The van der Waals surface area contributed by atoms with E-state index in [9.17, 15) is 8.42 Å². The number of rotatable bonds is 6. The molecule has 4 nitrogen and oxygen atoms in total. The van der Waals surface area contributed by atoms with Crippen molar-refractivity contribution in [1.29, 1.82) is 0 Å². The van der Waals surface area contributed by atoms with Gasteiger partial charge in [0.25, 0.3) is 10.0 Å². The molecule has 0 spiro atoms. The van der Waals surface area contributed by atoms with Gasteiger partial charge in [0.1, 0.15) is 4.21 Å². The quantitative estimate of drug-likeness (QED) is 0.826. The molecule has 1 aromatic heterocycles. The van der Waals surface area contributed by atoms with E-state index >= 15 is 0 Å². The van der Waals surface area contributed by atoms with Gasteiger partial charge >= 0.3 is 0 Å². The Hall–Kier alpha value is -0.730. The standard InChI is InChI=1S/C14H17BrN2O2S2/c1-17(2)10-12-6-4-3-5-11(12)9-16-21(18,19)14-13(15)7-8-20-14/h3-8,16H,9-10H2,1-2H3. The first-order valence-corrected chi connectivity index (χ1v) is 9.50. The lowest BCUT2D eigenvalue weighted by Crippen LogP contribution is -2.24. The van der Waals surface area contributed by atoms with Crippen LogP contribution >= 0.6 is 27.3 Å². The fourth-order valence-corrected chi connectivity index (χ4v) is 5.32. The summed E-state index contributed by atoms with van der Waals surface area (Å²) in [5, 5.41) is 1.75. The highest BCUT2D eigenvalue weighted by molar-refractivity contribution is 9.10. The lowest BCUT2D eigenvalue weighted by Gasteiger charge is -2.14. The average Bonchev–Trinajstić information content (AvgIpc) is 2.84. The van der Waals surface area contributed by atoms with Gasteiger partial charge in [-0.05, 0) is 52.6 Å². The van der Waals surface area contributed by atoms with Crippen LogP contribution in [0, 0.1) is 0 Å². The third kappa shape index (κ3) is 4.37. The highest BCUT2D eigenvalue weighted by Gasteiger charge is 2.19. The van der Waals surface area contributed by atoms with Crippen molar-refractivity contribution in [1.82, 2.24) is 9.62 Å². The fraction of sp³-hybridized carbons (Fsp3) is 0.286. The van der Waals surface area contributed by atoms with Crippen LogP contribution in [0.4, 0.5) is 0 Å². The van der Waals surface area contributed by atoms with E-state index in [1.807, 2.05) is 38.4 Å². The molecule has 0 fully saturated rings. The number of nitrogens with one attached hydrogen (secondary N) is 1. The molecule has 1 aromatic carbocycles. The van der Waals surface area contributed by atoms with Crippen molar-refractivity contribution < 1.29 is 8.42 Å². The maximum absolute atomic E-state index is 12.3. The molecule has 0 aliphatic carbocycles. The van der Waals surface area contributed by atoms with Crippen LogP contribution in [0.2, 0.25) is 0 Å². The zero-order valence-electron chi connectivity index (χ0n) is 11.8. The van der Waals surface area contributed by atoms with E-state index in [2.05, 4.69) is 25.6 Å². The van der Waals surface area contributed by atoms with E-state index in [1.165, 1.54) is 11.3 Å². The molecule has 0 amide bonds. The summed E-state index contributed by atoms with van der Waals surface area (Å²) in [4.78, 5) is 2.06. The molecular weight excluding hydrogens is 372 g/mol. The zero-order valence-corrected chi connectivity index (χ0v) is 15.1. The summed E-state index contributed by atoms with van der Waals surface area (Å²) in [5.41, 5.74) is 2.11. The average molecular weight is 389 g/mol. The molecular formula is C14H17BrN2O2S2. The van der Waals surface area contributed by atoms with Gasteiger partial charge in [-0.2, -0.15) is 0 Å². The molecule has 0 saturated carbocycles. The highest BCUT2D eigenvalue weighted by atomic mass is 79.9. The van der Waals surface area contributed by atoms with E-state index in [-0.39, 0.29) is 6.54 Å². The SMILES string of the molecule is CN(C)Cc1ccccc1CNS(=O)(=O)c1sccc1Br. The normalized spacial score (nSPS) is 12.0. The minimum absolute atomic E-state index is 0.288. The number of hydrogen-bond donors (Lipinski definition) is 1. The van der Waals surface area contributed by atoms with Crippen LogP contribution in [-0.2, 0) is 23.1 Å². The lowest BCUT2D eigenvalue weighted by molar-refractivity contribution is 0.400. The predicted molar refractivity (Wildman–Crippen MR) is 89.9 cm³/mol. The second kappa shape index (κ2) is 7.02. The van der Waals surface area contributed by atoms with Crippen LogP contribution in [0.5, 0.6) is 0 Å². The second-order valence-electron chi connectivity index (χ2n) is 4.89. The largest absolute Gasteiger partial charge is 0.305 e. The summed E-state index contributed by atoms with van der Waals surface area (Å²) in [7, 11) is 0.497. The van der Waals surface area contributed by atoms with Gasteiger partial charge in [0.05, 0.1) is 0 Å². The van der Waals surface area contributed by atoms with Crippen LogP contribution in [0.3, 0.4) is 0 Å². The molecule has 0 radical (unpaired) electrons. The summed E-state index contributed by atoms with van der Waals surface area (Å²) in [6.07, 6.45) is 0. The van der Waals surface area contributed by atoms with Gasteiger partial charge < -0.3 is 4.90 Å².